The Morgan fingerprint density at radius 1 is 1.03 bits per heavy atom. The van der Waals surface area contributed by atoms with Gasteiger partial charge >= 0.3 is 12.1 Å². The minimum absolute atomic E-state index is 0.00196. The van der Waals surface area contributed by atoms with Crippen molar-refractivity contribution in [2.75, 3.05) is 20.8 Å². The third-order valence-corrected chi connectivity index (χ3v) is 4.27. The Kier molecular flexibility index (Phi) is 9.24. The average Bonchev–Trinajstić information content (AvgIpc) is 2.81. The molecule has 0 saturated carbocycles. The maximum absolute atomic E-state index is 12.6. The van der Waals surface area contributed by atoms with E-state index in [0.29, 0.717) is 11.4 Å². The van der Waals surface area contributed by atoms with Gasteiger partial charge in [0.15, 0.2) is 0 Å². The number of hydrogen-bond acceptors (Lipinski definition) is 8. The third kappa shape index (κ3) is 7.27. The van der Waals surface area contributed by atoms with E-state index in [1.54, 1.807) is 36.4 Å². The normalized spacial score (nSPS) is 12.2. The molecule has 0 aliphatic heterocycles. The van der Waals surface area contributed by atoms with Gasteiger partial charge in [0, 0.05) is 18.2 Å². The summed E-state index contributed by atoms with van der Waals surface area (Å²) in [5.74, 6) is -1.19. The van der Waals surface area contributed by atoms with Crippen molar-refractivity contribution in [1.29, 1.82) is 0 Å². The first-order valence-electron chi connectivity index (χ1n) is 9.42. The number of methoxy groups -OCH3 is 2. The van der Waals surface area contributed by atoms with Crippen LogP contribution in [0.1, 0.15) is 11.1 Å². The number of carbonyl (C=O) groups is 3. The van der Waals surface area contributed by atoms with Crippen molar-refractivity contribution in [3.8, 4) is 5.88 Å². The molecular weight excluding hydrogens is 406 g/mol. The highest BCUT2D eigenvalue weighted by Crippen LogP contribution is 2.16. The Morgan fingerprint density at radius 2 is 1.77 bits per heavy atom. The molecule has 2 amide bonds. The molecule has 0 spiro atoms. The lowest BCUT2D eigenvalue weighted by Gasteiger charge is -2.21. The minimum Gasteiger partial charge on any atom is -0.481 e. The van der Waals surface area contributed by atoms with Crippen LogP contribution in [0.3, 0.4) is 0 Å². The van der Waals surface area contributed by atoms with Gasteiger partial charge in [-0.25, -0.2) is 14.6 Å². The summed E-state index contributed by atoms with van der Waals surface area (Å²) >= 11 is 0. The van der Waals surface area contributed by atoms with Gasteiger partial charge in [0.25, 0.3) is 0 Å². The highest BCUT2D eigenvalue weighted by Gasteiger charge is 2.28. The number of pyridine rings is 1. The molecule has 3 N–H and O–H groups in total. The van der Waals surface area contributed by atoms with E-state index in [2.05, 4.69) is 15.6 Å². The summed E-state index contributed by atoms with van der Waals surface area (Å²) in [4.78, 5) is 40.8. The molecule has 2 atom stereocenters. The maximum Gasteiger partial charge on any atom is 0.408 e. The fourth-order valence-corrected chi connectivity index (χ4v) is 2.69. The fraction of sp³-hybridized carbons (Fsp3) is 0.333. The number of nitrogens with one attached hydrogen (secondary N) is 2. The molecule has 0 bridgehead atoms. The number of aromatic nitrogens is 1. The molecule has 2 aromatic rings. The lowest BCUT2D eigenvalue weighted by atomic mass is 10.1. The molecule has 0 radical (unpaired) electrons. The van der Waals surface area contributed by atoms with Gasteiger partial charge in [-0.1, -0.05) is 36.4 Å². The van der Waals surface area contributed by atoms with Crippen LogP contribution in [0, 0.1) is 0 Å². The number of carbonyl (C=O) groups excluding carboxylic acids is 3. The molecule has 0 aliphatic rings. The Bertz CT molecular complexity index is 876. The van der Waals surface area contributed by atoms with Crippen LogP contribution in [0.5, 0.6) is 5.88 Å². The van der Waals surface area contributed by atoms with E-state index in [9.17, 15) is 19.5 Å². The topological polar surface area (TPSA) is 136 Å². The number of aliphatic hydroxyl groups is 1. The van der Waals surface area contributed by atoms with E-state index in [4.69, 9.17) is 14.2 Å². The van der Waals surface area contributed by atoms with Crippen molar-refractivity contribution in [1.82, 2.24) is 15.6 Å². The van der Waals surface area contributed by atoms with Crippen LogP contribution in [-0.4, -0.2) is 61.0 Å². The summed E-state index contributed by atoms with van der Waals surface area (Å²) in [6.07, 6.45) is 0.675. The number of ether oxygens (including phenoxy) is 3. The Balaban J connectivity index is 1.99. The van der Waals surface area contributed by atoms with Crippen LogP contribution in [-0.2, 0) is 32.1 Å². The number of alkyl carbamates (subject to hydrolysis) is 1. The molecule has 1 aromatic carbocycles. The molecule has 2 rings (SSSR count). The van der Waals surface area contributed by atoms with Gasteiger partial charge in [-0.3, -0.25) is 4.79 Å². The van der Waals surface area contributed by atoms with Crippen LogP contribution in [0.2, 0.25) is 0 Å². The molecule has 1 aromatic heterocycles. The van der Waals surface area contributed by atoms with Gasteiger partial charge in [-0.05, 0) is 11.6 Å². The van der Waals surface area contributed by atoms with E-state index in [1.807, 2.05) is 6.07 Å². The van der Waals surface area contributed by atoms with E-state index >= 15 is 0 Å². The Morgan fingerprint density at radius 3 is 2.42 bits per heavy atom. The minimum atomic E-state index is -1.33. The SMILES string of the molecule is COC(=O)[C@@H](Cc1cccnc1OC)NC(=O)[C@H](CO)NC(=O)OCc1ccccc1. The lowest BCUT2D eigenvalue weighted by molar-refractivity contribution is -0.145. The van der Waals surface area contributed by atoms with Crippen molar-refractivity contribution >= 4 is 18.0 Å². The molecular formula is C21H25N3O7. The fourth-order valence-electron chi connectivity index (χ4n) is 2.69. The van der Waals surface area contributed by atoms with Crippen LogP contribution < -0.4 is 15.4 Å². The number of aliphatic hydroxyl groups excluding tert-OH is 1. The van der Waals surface area contributed by atoms with Crippen molar-refractivity contribution in [3.05, 3.63) is 59.8 Å². The standard InChI is InChI=1S/C21H25N3O7/c1-29-19-15(9-6-10-22-19)11-16(20(27)30-2)23-18(26)17(12-25)24-21(28)31-13-14-7-4-3-5-8-14/h3-10,16-17,25H,11-13H2,1-2H3,(H,23,26)(H,24,28)/t16-,17+/m1/s1. The van der Waals surface area contributed by atoms with E-state index in [1.165, 1.54) is 20.4 Å². The second kappa shape index (κ2) is 12.1. The van der Waals surface area contributed by atoms with Gasteiger partial charge < -0.3 is 30.0 Å². The third-order valence-electron chi connectivity index (χ3n) is 4.27. The van der Waals surface area contributed by atoms with Gasteiger partial charge in [0.1, 0.15) is 18.7 Å². The highest BCUT2D eigenvalue weighted by atomic mass is 16.5. The van der Waals surface area contributed by atoms with Gasteiger partial charge in [-0.2, -0.15) is 0 Å². The van der Waals surface area contributed by atoms with E-state index in [-0.39, 0.29) is 13.0 Å². The predicted molar refractivity (Wildman–Crippen MR) is 109 cm³/mol. The van der Waals surface area contributed by atoms with Crippen molar-refractivity contribution in [3.63, 3.8) is 0 Å². The van der Waals surface area contributed by atoms with Crippen LogP contribution >= 0.6 is 0 Å². The number of benzene rings is 1. The highest BCUT2D eigenvalue weighted by molar-refractivity contribution is 5.89. The van der Waals surface area contributed by atoms with Crippen molar-refractivity contribution < 1.29 is 33.7 Å². The average molecular weight is 431 g/mol. The maximum atomic E-state index is 12.6. The molecule has 10 nitrogen and oxygen atoms in total. The van der Waals surface area contributed by atoms with Crippen molar-refractivity contribution in [2.24, 2.45) is 0 Å². The molecule has 0 saturated heterocycles. The van der Waals surface area contributed by atoms with Crippen LogP contribution in [0.25, 0.3) is 0 Å². The number of amides is 2. The van der Waals surface area contributed by atoms with E-state index in [0.717, 1.165) is 5.56 Å². The Hall–Kier alpha value is -3.66. The zero-order chi connectivity index (χ0) is 22.6. The molecule has 0 unspecified atom stereocenters. The number of rotatable bonds is 10. The first-order chi connectivity index (χ1) is 15.0. The summed E-state index contributed by atoms with van der Waals surface area (Å²) in [7, 11) is 2.62. The molecule has 31 heavy (non-hydrogen) atoms. The summed E-state index contributed by atoms with van der Waals surface area (Å²) in [5, 5.41) is 14.3. The monoisotopic (exact) mass is 431 g/mol. The quantitative estimate of drug-likeness (QED) is 0.465. The molecule has 10 heteroatoms. The molecule has 166 valence electrons. The largest absolute Gasteiger partial charge is 0.481 e. The lowest BCUT2D eigenvalue weighted by Crippen LogP contribution is -2.54. The van der Waals surface area contributed by atoms with Gasteiger partial charge in [-0.15, -0.1) is 0 Å². The van der Waals surface area contributed by atoms with Crippen LogP contribution in [0.4, 0.5) is 4.79 Å². The number of esters is 1. The Labute approximate surface area is 179 Å². The second-order valence-electron chi connectivity index (χ2n) is 6.40. The molecule has 0 fully saturated rings. The number of nitrogens with zero attached hydrogens (tertiary/aromatic N) is 1. The van der Waals surface area contributed by atoms with Gasteiger partial charge in [0.05, 0.1) is 20.8 Å². The summed E-state index contributed by atoms with van der Waals surface area (Å²) in [6.45, 7) is -0.700. The molecule has 0 aliphatic carbocycles. The predicted octanol–water partition coefficient (Wildman–Crippen LogP) is 0.578. The molecule has 1 heterocycles. The zero-order valence-corrected chi connectivity index (χ0v) is 17.2. The number of hydrogen-bond donors (Lipinski definition) is 3. The van der Waals surface area contributed by atoms with Crippen molar-refractivity contribution in [2.45, 2.75) is 25.1 Å². The first-order valence-corrected chi connectivity index (χ1v) is 9.42. The van der Waals surface area contributed by atoms with Crippen LogP contribution in [0.15, 0.2) is 48.7 Å². The second-order valence-corrected chi connectivity index (χ2v) is 6.40. The first kappa shape index (κ1) is 23.6. The summed E-state index contributed by atoms with van der Waals surface area (Å²) in [6, 6.07) is 9.90. The zero-order valence-electron chi connectivity index (χ0n) is 17.2. The van der Waals surface area contributed by atoms with Gasteiger partial charge in [0.2, 0.25) is 11.8 Å². The van der Waals surface area contributed by atoms with E-state index < -0.39 is 36.7 Å². The summed E-state index contributed by atoms with van der Waals surface area (Å²) < 4.78 is 15.0. The smallest absolute Gasteiger partial charge is 0.408 e. The summed E-state index contributed by atoms with van der Waals surface area (Å²) in [5.41, 5.74) is 1.33.